The number of carbonyl (C=O) groups excluding carboxylic acids is 5. The molecule has 4 saturated heterocycles. The van der Waals surface area contributed by atoms with Crippen LogP contribution in [0.4, 0.5) is 17.3 Å². The SMILES string of the molecule is CC(C)n1cnc2cc(-c3ccc4c(c3)N([C@H]3C[C@@H](N5CCCCC5)C3)C(=O)C43CCN(C(=O)[C@H]4CC[C@H](CNC(=O)C5CCN(c6ccc(C7CCC(=O)NC7=O)cn6)CC5)CC4)CC3)nc(NC3CC3)c21. The number of anilines is 3. The van der Waals surface area contributed by atoms with Gasteiger partial charge in [0.1, 0.15) is 11.3 Å². The molecule has 7 fully saturated rings. The van der Waals surface area contributed by atoms with Gasteiger partial charge in [-0.2, -0.15) is 0 Å². The first-order chi connectivity index (χ1) is 35.5. The fourth-order valence-electron chi connectivity index (χ4n) is 13.6. The number of imidazole rings is 1. The Hall–Kier alpha value is -5.90. The van der Waals surface area contributed by atoms with Crippen LogP contribution in [-0.4, -0.2) is 123 Å². The Morgan fingerprint density at radius 2 is 1.58 bits per heavy atom. The standard InChI is InChI=1S/C57H73N11O5/c1-35(2)67-34-60-47-31-46(62-52(51(47)67)61-41-12-13-41)39-10-15-45-48(28-39)68(43-29-42(30-43)64-22-4-3-5-23-64)56(73)57(45)20-26-66(27-21-57)55(72)38-8-6-36(7-9-38)32-59-53(70)37-18-24-65(25-19-37)49-16-11-40(33-58-49)44-14-17-50(69)63-54(44)71/h10-11,15-16,28,31,33-38,41-44H,3-9,12-14,17-27,29-30,32H2,1-2H3,(H,59,70)(H,61,62)(H,63,69,71)/t36-,38-,42-,43+,44?. The largest absolute Gasteiger partial charge is 0.366 e. The molecular weight excluding hydrogens is 919 g/mol. The molecule has 1 atom stereocenters. The van der Waals surface area contributed by atoms with Crippen LogP contribution in [0.3, 0.4) is 0 Å². The van der Waals surface area contributed by atoms with Crippen LogP contribution in [0.15, 0.2) is 48.9 Å². The highest BCUT2D eigenvalue weighted by molar-refractivity contribution is 6.09. The van der Waals surface area contributed by atoms with Crippen molar-refractivity contribution < 1.29 is 24.0 Å². The molecule has 12 rings (SSSR count). The van der Waals surface area contributed by atoms with Gasteiger partial charge in [0.25, 0.3) is 0 Å². The van der Waals surface area contributed by atoms with Gasteiger partial charge in [-0.25, -0.2) is 15.0 Å². The minimum Gasteiger partial charge on any atom is -0.366 e. The number of amides is 5. The molecule has 3 saturated carbocycles. The van der Waals surface area contributed by atoms with E-state index in [1.807, 2.05) is 18.5 Å². The Labute approximate surface area is 428 Å². The number of imide groups is 1. The van der Waals surface area contributed by atoms with Crippen LogP contribution in [0.2, 0.25) is 0 Å². The lowest BCUT2D eigenvalue weighted by Crippen LogP contribution is -2.58. The third kappa shape index (κ3) is 9.28. The van der Waals surface area contributed by atoms with E-state index in [1.165, 1.54) is 19.3 Å². The van der Waals surface area contributed by atoms with E-state index in [1.54, 1.807) is 6.20 Å². The molecule has 5 amide bonds. The predicted molar refractivity (Wildman–Crippen MR) is 280 cm³/mol. The van der Waals surface area contributed by atoms with Gasteiger partial charge in [-0.05, 0) is 158 Å². The summed E-state index contributed by atoms with van der Waals surface area (Å²) in [5.41, 5.74) is 6.12. The first-order valence-corrected chi connectivity index (χ1v) is 28.0. The van der Waals surface area contributed by atoms with Crippen LogP contribution in [0.25, 0.3) is 22.3 Å². The number of carbonyl (C=O) groups is 5. The van der Waals surface area contributed by atoms with Crippen molar-refractivity contribution in [1.29, 1.82) is 0 Å². The quantitative estimate of drug-likeness (QED) is 0.122. The molecule has 16 nitrogen and oxygen atoms in total. The number of rotatable bonds is 12. The summed E-state index contributed by atoms with van der Waals surface area (Å²) in [6.07, 6.45) is 18.8. The maximum absolute atomic E-state index is 15.2. The average Bonchev–Trinajstić information content (AvgIpc) is 4.07. The van der Waals surface area contributed by atoms with Crippen molar-refractivity contribution in [3.63, 3.8) is 0 Å². The molecular formula is C57H73N11O5. The van der Waals surface area contributed by atoms with Crippen LogP contribution < -0.4 is 25.8 Å². The van der Waals surface area contributed by atoms with Gasteiger partial charge in [-0.3, -0.25) is 29.3 Å². The molecule has 1 spiro atoms. The van der Waals surface area contributed by atoms with Crippen molar-refractivity contribution in [1.82, 2.24) is 40.0 Å². The van der Waals surface area contributed by atoms with Crippen molar-refractivity contribution in [2.24, 2.45) is 17.8 Å². The minimum absolute atomic E-state index is 0.0274. The van der Waals surface area contributed by atoms with Crippen molar-refractivity contribution in [2.75, 3.05) is 60.9 Å². The fourth-order valence-corrected chi connectivity index (χ4v) is 13.6. The van der Waals surface area contributed by atoms with Crippen LogP contribution in [0.1, 0.15) is 146 Å². The summed E-state index contributed by atoms with van der Waals surface area (Å²) in [7, 11) is 0. The maximum Gasteiger partial charge on any atom is 0.238 e. The van der Waals surface area contributed by atoms with Gasteiger partial charge < -0.3 is 34.8 Å². The molecule has 3 N–H and O–H groups in total. The molecule has 0 radical (unpaired) electrons. The molecule has 1 unspecified atom stereocenters. The van der Waals surface area contributed by atoms with Crippen LogP contribution in [0.5, 0.6) is 0 Å². The Morgan fingerprint density at radius 1 is 0.808 bits per heavy atom. The zero-order chi connectivity index (χ0) is 50.0. The first-order valence-electron chi connectivity index (χ1n) is 28.0. The summed E-state index contributed by atoms with van der Waals surface area (Å²) < 4.78 is 2.20. The third-order valence-electron chi connectivity index (χ3n) is 18.4. The van der Waals surface area contributed by atoms with E-state index < -0.39 is 5.41 Å². The summed E-state index contributed by atoms with van der Waals surface area (Å²) in [6, 6.07) is 14.0. The molecule has 73 heavy (non-hydrogen) atoms. The van der Waals surface area contributed by atoms with E-state index in [2.05, 4.69) is 83.2 Å². The molecule has 386 valence electrons. The monoisotopic (exact) mass is 992 g/mol. The number of pyridine rings is 2. The molecule has 3 aliphatic carbocycles. The zero-order valence-electron chi connectivity index (χ0n) is 42.8. The second kappa shape index (κ2) is 19.7. The highest BCUT2D eigenvalue weighted by atomic mass is 16.2. The fraction of sp³-hybridized carbons (Fsp3) is 0.614. The van der Waals surface area contributed by atoms with Gasteiger partial charge in [0.05, 0.1) is 28.9 Å². The van der Waals surface area contributed by atoms with Gasteiger partial charge >= 0.3 is 0 Å². The second-order valence-electron chi connectivity index (χ2n) is 23.3. The lowest BCUT2D eigenvalue weighted by atomic mass is 9.73. The predicted octanol–water partition coefficient (Wildman–Crippen LogP) is 7.23. The lowest BCUT2D eigenvalue weighted by molar-refractivity contribution is -0.140. The van der Waals surface area contributed by atoms with Crippen molar-refractivity contribution in [2.45, 2.75) is 159 Å². The number of hydrogen-bond acceptors (Lipinski definition) is 11. The number of benzene rings is 1. The van der Waals surface area contributed by atoms with Crippen molar-refractivity contribution in [3.8, 4) is 11.3 Å². The van der Waals surface area contributed by atoms with E-state index >= 15 is 4.79 Å². The minimum atomic E-state index is -0.651. The number of fused-ring (bicyclic) bond motifs is 3. The normalized spacial score (nSPS) is 26.8. The molecule has 8 heterocycles. The highest BCUT2D eigenvalue weighted by Crippen LogP contribution is 2.52. The van der Waals surface area contributed by atoms with Crippen LogP contribution in [-0.2, 0) is 29.4 Å². The number of likely N-dealkylation sites (tertiary alicyclic amines) is 2. The van der Waals surface area contributed by atoms with Crippen LogP contribution >= 0.6 is 0 Å². The van der Waals surface area contributed by atoms with E-state index in [-0.39, 0.29) is 59.4 Å². The second-order valence-corrected chi connectivity index (χ2v) is 23.3. The van der Waals surface area contributed by atoms with E-state index in [0.29, 0.717) is 63.3 Å². The van der Waals surface area contributed by atoms with Gasteiger partial charge in [0, 0.05) is 92.6 Å². The van der Waals surface area contributed by atoms with Gasteiger partial charge in [0.2, 0.25) is 29.5 Å². The van der Waals surface area contributed by atoms with E-state index in [4.69, 9.17) is 9.97 Å². The van der Waals surface area contributed by atoms with E-state index in [9.17, 15) is 19.2 Å². The first kappa shape index (κ1) is 48.1. The summed E-state index contributed by atoms with van der Waals surface area (Å²) in [5.74, 6) is 1.70. The number of piperidine rings is 4. The molecule has 1 aromatic carbocycles. The van der Waals surface area contributed by atoms with Crippen molar-refractivity contribution in [3.05, 3.63) is 60.0 Å². The number of hydrogen-bond donors (Lipinski definition) is 3. The molecule has 3 aromatic heterocycles. The van der Waals surface area contributed by atoms with Gasteiger partial charge in [-0.1, -0.05) is 24.6 Å². The highest BCUT2D eigenvalue weighted by Gasteiger charge is 2.56. The average molecular weight is 992 g/mol. The number of nitrogens with zero attached hydrogens (tertiary/aromatic N) is 8. The summed E-state index contributed by atoms with van der Waals surface area (Å²) in [4.78, 5) is 90.6. The van der Waals surface area contributed by atoms with Gasteiger partial charge in [0.15, 0.2) is 5.82 Å². The zero-order valence-corrected chi connectivity index (χ0v) is 42.8. The smallest absolute Gasteiger partial charge is 0.238 e. The molecule has 8 aliphatic rings. The Kier molecular flexibility index (Phi) is 13.0. The van der Waals surface area contributed by atoms with Gasteiger partial charge in [-0.15, -0.1) is 0 Å². The molecule has 4 aromatic rings. The van der Waals surface area contributed by atoms with E-state index in [0.717, 1.165) is 141 Å². The lowest BCUT2D eigenvalue weighted by Gasteiger charge is -2.48. The maximum atomic E-state index is 15.2. The Balaban J connectivity index is 0.662. The Bertz CT molecular complexity index is 2750. The topological polar surface area (TPSA) is 178 Å². The van der Waals surface area contributed by atoms with Crippen LogP contribution in [0, 0.1) is 17.8 Å². The molecule has 16 heteroatoms. The number of nitrogens with one attached hydrogen (secondary N) is 3. The molecule has 0 bridgehead atoms. The summed E-state index contributed by atoms with van der Waals surface area (Å²) in [6.45, 7) is 9.92. The third-order valence-corrected chi connectivity index (χ3v) is 18.4. The summed E-state index contributed by atoms with van der Waals surface area (Å²) >= 11 is 0. The summed E-state index contributed by atoms with van der Waals surface area (Å²) in [5, 5.41) is 9.40. The number of aromatic nitrogens is 4. The molecule has 5 aliphatic heterocycles. The van der Waals surface area contributed by atoms with Crippen molar-refractivity contribution >= 4 is 57.9 Å². The Morgan fingerprint density at radius 3 is 2.27 bits per heavy atom.